The third kappa shape index (κ3) is 4.14. The van der Waals surface area contributed by atoms with Gasteiger partial charge in [-0.25, -0.2) is 13.6 Å². The third-order valence-electron chi connectivity index (χ3n) is 4.02. The van der Waals surface area contributed by atoms with Crippen LogP contribution in [0.5, 0.6) is 0 Å². The van der Waals surface area contributed by atoms with E-state index in [2.05, 4.69) is 10.3 Å². The number of Topliss-reactive ketones (excluding diaryl/α,β-unsaturated/α-hetero) is 1. The maximum atomic E-state index is 12.3. The van der Waals surface area contributed by atoms with Crippen LogP contribution in [0, 0.1) is 0 Å². The number of hydrogen-bond acceptors (Lipinski definition) is 4. The van der Waals surface area contributed by atoms with Crippen molar-refractivity contribution in [1.29, 1.82) is 0 Å². The SMILES string of the molecule is NS(=O)(=O)c1ccc(CCNCC(=O)c2c[nH]c3ccccc23)cc1. The summed E-state index contributed by atoms with van der Waals surface area (Å²) in [5.41, 5.74) is 2.60. The highest BCUT2D eigenvalue weighted by Gasteiger charge is 2.11. The number of aromatic amines is 1. The number of hydrogen-bond donors (Lipinski definition) is 3. The van der Waals surface area contributed by atoms with Gasteiger partial charge in [0.25, 0.3) is 0 Å². The first-order chi connectivity index (χ1) is 11.9. The summed E-state index contributed by atoms with van der Waals surface area (Å²) in [4.78, 5) is 15.5. The largest absolute Gasteiger partial charge is 0.360 e. The first-order valence-corrected chi connectivity index (χ1v) is 9.41. The van der Waals surface area contributed by atoms with Gasteiger partial charge in [-0.05, 0) is 36.7 Å². The lowest BCUT2D eigenvalue weighted by Gasteiger charge is -2.05. The molecule has 2 aromatic carbocycles. The summed E-state index contributed by atoms with van der Waals surface area (Å²) >= 11 is 0. The van der Waals surface area contributed by atoms with E-state index in [1.807, 2.05) is 24.3 Å². The number of sulfonamides is 1. The summed E-state index contributed by atoms with van der Waals surface area (Å²) in [5, 5.41) is 9.12. The topological polar surface area (TPSA) is 105 Å². The molecule has 0 unspecified atom stereocenters. The summed E-state index contributed by atoms with van der Waals surface area (Å²) < 4.78 is 22.4. The lowest BCUT2D eigenvalue weighted by atomic mass is 10.1. The zero-order valence-electron chi connectivity index (χ0n) is 13.5. The van der Waals surface area contributed by atoms with Crippen molar-refractivity contribution >= 4 is 26.7 Å². The van der Waals surface area contributed by atoms with Crippen LogP contribution in [-0.2, 0) is 16.4 Å². The van der Waals surface area contributed by atoms with Crippen molar-refractivity contribution in [2.24, 2.45) is 5.14 Å². The highest BCUT2D eigenvalue weighted by molar-refractivity contribution is 7.89. The predicted octanol–water partition coefficient (Wildman–Crippen LogP) is 1.83. The molecule has 0 aliphatic rings. The maximum absolute atomic E-state index is 12.3. The van der Waals surface area contributed by atoms with Crippen LogP contribution in [0.2, 0.25) is 0 Å². The Bertz CT molecular complexity index is 992. The van der Waals surface area contributed by atoms with Gasteiger partial charge in [0, 0.05) is 22.7 Å². The molecule has 0 aliphatic heterocycles. The Hall–Kier alpha value is -2.48. The summed E-state index contributed by atoms with van der Waals surface area (Å²) in [6, 6.07) is 14.1. The van der Waals surface area contributed by atoms with Crippen LogP contribution in [0.4, 0.5) is 0 Å². The average molecular weight is 357 g/mol. The smallest absolute Gasteiger partial charge is 0.238 e. The van der Waals surface area contributed by atoms with Crippen molar-refractivity contribution in [3.8, 4) is 0 Å². The summed E-state index contributed by atoms with van der Waals surface area (Å²) in [5.74, 6) is 0.0297. The second-order valence-electron chi connectivity index (χ2n) is 5.79. The molecular formula is C18H19N3O3S. The van der Waals surface area contributed by atoms with Crippen molar-refractivity contribution in [2.75, 3.05) is 13.1 Å². The van der Waals surface area contributed by atoms with Crippen LogP contribution >= 0.6 is 0 Å². The molecule has 0 bridgehead atoms. The Labute approximate surface area is 146 Å². The van der Waals surface area contributed by atoms with Gasteiger partial charge in [0.2, 0.25) is 10.0 Å². The average Bonchev–Trinajstić information content (AvgIpc) is 3.02. The minimum atomic E-state index is -3.66. The van der Waals surface area contributed by atoms with Gasteiger partial charge in [0.05, 0.1) is 11.4 Å². The van der Waals surface area contributed by atoms with E-state index in [1.54, 1.807) is 18.3 Å². The van der Waals surface area contributed by atoms with Gasteiger partial charge in [-0.2, -0.15) is 0 Å². The molecule has 7 heteroatoms. The van der Waals surface area contributed by atoms with E-state index in [9.17, 15) is 13.2 Å². The molecule has 0 atom stereocenters. The zero-order valence-corrected chi connectivity index (χ0v) is 14.3. The van der Waals surface area contributed by atoms with Crippen LogP contribution < -0.4 is 10.5 Å². The van der Waals surface area contributed by atoms with Gasteiger partial charge in [0.1, 0.15) is 0 Å². The standard InChI is InChI=1S/C18H19N3O3S/c19-25(23,24)14-7-5-13(6-8-14)9-10-20-12-18(22)16-11-21-17-4-2-1-3-15(16)17/h1-8,11,20-21H,9-10,12H2,(H2,19,23,24). The molecule has 1 heterocycles. The normalized spacial score (nSPS) is 11.7. The second-order valence-corrected chi connectivity index (χ2v) is 7.35. The summed E-state index contributed by atoms with van der Waals surface area (Å²) in [6.45, 7) is 0.861. The molecule has 1 aromatic heterocycles. The molecule has 6 nitrogen and oxygen atoms in total. The number of nitrogens with two attached hydrogens (primary N) is 1. The molecule has 3 rings (SSSR count). The zero-order chi connectivity index (χ0) is 17.9. The first kappa shape index (κ1) is 17.3. The molecule has 3 aromatic rings. The van der Waals surface area contributed by atoms with E-state index < -0.39 is 10.0 Å². The number of rotatable bonds is 7. The molecule has 0 radical (unpaired) electrons. The van der Waals surface area contributed by atoms with E-state index in [-0.39, 0.29) is 17.2 Å². The van der Waals surface area contributed by atoms with Crippen LogP contribution in [0.25, 0.3) is 10.9 Å². The highest BCUT2D eigenvalue weighted by atomic mass is 32.2. The number of benzene rings is 2. The Balaban J connectivity index is 1.52. The third-order valence-corrected chi connectivity index (χ3v) is 4.95. The number of fused-ring (bicyclic) bond motifs is 1. The molecule has 0 amide bonds. The van der Waals surface area contributed by atoms with E-state index in [0.717, 1.165) is 16.5 Å². The van der Waals surface area contributed by atoms with E-state index >= 15 is 0 Å². The number of carbonyl (C=O) groups is 1. The van der Waals surface area contributed by atoms with Crippen LogP contribution in [0.1, 0.15) is 15.9 Å². The molecular weight excluding hydrogens is 338 g/mol. The molecule has 130 valence electrons. The molecule has 0 aliphatic carbocycles. The second kappa shape index (κ2) is 7.18. The van der Waals surface area contributed by atoms with Crippen LogP contribution in [-0.4, -0.2) is 32.3 Å². The quantitative estimate of drug-likeness (QED) is 0.443. The van der Waals surface area contributed by atoms with Crippen molar-refractivity contribution in [1.82, 2.24) is 10.3 Å². The van der Waals surface area contributed by atoms with E-state index in [0.29, 0.717) is 18.5 Å². The fraction of sp³-hybridized carbons (Fsp3) is 0.167. The predicted molar refractivity (Wildman–Crippen MR) is 97.0 cm³/mol. The van der Waals surface area contributed by atoms with Gasteiger partial charge in [-0.1, -0.05) is 30.3 Å². The maximum Gasteiger partial charge on any atom is 0.238 e. The van der Waals surface area contributed by atoms with Gasteiger partial charge in [-0.3, -0.25) is 4.79 Å². The first-order valence-electron chi connectivity index (χ1n) is 7.87. The van der Waals surface area contributed by atoms with Crippen LogP contribution in [0.15, 0.2) is 59.6 Å². The number of aromatic nitrogens is 1. The Kier molecular flexibility index (Phi) is 4.98. The van der Waals surface area contributed by atoms with Crippen molar-refractivity contribution in [3.05, 3.63) is 65.9 Å². The molecule has 4 N–H and O–H groups in total. The molecule has 0 saturated heterocycles. The molecule has 0 saturated carbocycles. The van der Waals surface area contributed by atoms with E-state index in [4.69, 9.17) is 5.14 Å². The van der Waals surface area contributed by atoms with Crippen LogP contribution in [0.3, 0.4) is 0 Å². The fourth-order valence-electron chi connectivity index (χ4n) is 2.68. The van der Waals surface area contributed by atoms with Crippen molar-refractivity contribution in [2.45, 2.75) is 11.3 Å². The Morgan fingerprint density at radius 2 is 1.80 bits per heavy atom. The molecule has 25 heavy (non-hydrogen) atoms. The number of H-pyrrole nitrogens is 1. The number of nitrogens with one attached hydrogen (secondary N) is 2. The molecule has 0 spiro atoms. The molecule has 0 fully saturated rings. The van der Waals surface area contributed by atoms with E-state index in [1.165, 1.54) is 12.1 Å². The Morgan fingerprint density at radius 1 is 1.08 bits per heavy atom. The number of ketones is 1. The lowest BCUT2D eigenvalue weighted by Crippen LogP contribution is -2.25. The summed E-state index contributed by atoms with van der Waals surface area (Å²) in [6.07, 6.45) is 2.42. The number of para-hydroxylation sites is 1. The minimum absolute atomic E-state index is 0.0297. The fourth-order valence-corrected chi connectivity index (χ4v) is 3.19. The number of carbonyl (C=O) groups excluding carboxylic acids is 1. The summed E-state index contributed by atoms with van der Waals surface area (Å²) in [7, 11) is -3.66. The van der Waals surface area contributed by atoms with Gasteiger partial charge in [-0.15, -0.1) is 0 Å². The Morgan fingerprint density at radius 3 is 2.52 bits per heavy atom. The monoisotopic (exact) mass is 357 g/mol. The van der Waals surface area contributed by atoms with Crippen molar-refractivity contribution < 1.29 is 13.2 Å². The van der Waals surface area contributed by atoms with Gasteiger partial charge >= 0.3 is 0 Å². The van der Waals surface area contributed by atoms with Crippen molar-refractivity contribution in [3.63, 3.8) is 0 Å². The van der Waals surface area contributed by atoms with Gasteiger partial charge < -0.3 is 10.3 Å². The highest BCUT2D eigenvalue weighted by Crippen LogP contribution is 2.17. The lowest BCUT2D eigenvalue weighted by molar-refractivity contribution is 0.0993. The number of primary sulfonamides is 1. The van der Waals surface area contributed by atoms with Gasteiger partial charge in [0.15, 0.2) is 5.78 Å². The minimum Gasteiger partial charge on any atom is -0.360 e.